The molecule has 2 saturated heterocycles. The van der Waals surface area contributed by atoms with Crippen molar-refractivity contribution in [1.82, 2.24) is 34.5 Å². The van der Waals surface area contributed by atoms with Gasteiger partial charge in [-0.2, -0.15) is 5.10 Å². The molecule has 186 valence electrons. The van der Waals surface area contributed by atoms with Crippen LogP contribution in [-0.2, 0) is 13.0 Å². The summed E-state index contributed by atoms with van der Waals surface area (Å²) < 4.78 is 1.73. The minimum atomic E-state index is -0.169. The molecule has 1 N–H and O–H groups in total. The van der Waals surface area contributed by atoms with Gasteiger partial charge in [-0.25, -0.2) is 14.6 Å². The maximum absolute atomic E-state index is 12.1. The highest BCUT2D eigenvalue weighted by Gasteiger charge is 2.21. The van der Waals surface area contributed by atoms with E-state index in [2.05, 4.69) is 54.1 Å². The Hall–Kier alpha value is -3.36. The van der Waals surface area contributed by atoms with Crippen LogP contribution in [0.4, 0.5) is 0 Å². The Morgan fingerprint density at radius 2 is 1.83 bits per heavy atom. The molecule has 8 heteroatoms. The van der Waals surface area contributed by atoms with Gasteiger partial charge in [0.05, 0.1) is 17.9 Å². The molecule has 5 heterocycles. The maximum Gasteiger partial charge on any atom is 0.258 e. The molecule has 0 atom stereocenters. The second-order valence-electron chi connectivity index (χ2n) is 10.1. The number of pyridine rings is 1. The second-order valence-corrected chi connectivity index (χ2v) is 10.1. The van der Waals surface area contributed by atoms with Crippen LogP contribution in [0.5, 0.6) is 0 Å². The van der Waals surface area contributed by atoms with Gasteiger partial charge in [0.1, 0.15) is 5.52 Å². The number of nitrogens with zero attached hydrogens (tertiary/aromatic N) is 6. The molecule has 0 spiro atoms. The molecule has 2 aliphatic rings. The van der Waals surface area contributed by atoms with Crippen molar-refractivity contribution < 1.29 is 0 Å². The molecule has 0 saturated carbocycles. The average Bonchev–Trinajstić information content (AvgIpc) is 3.60. The van der Waals surface area contributed by atoms with Crippen molar-refractivity contribution in [2.75, 3.05) is 32.7 Å². The largest absolute Gasteiger partial charge is 0.313 e. The minimum Gasteiger partial charge on any atom is -0.313 e. The lowest BCUT2D eigenvalue weighted by Crippen LogP contribution is -2.34. The van der Waals surface area contributed by atoms with Gasteiger partial charge in [0, 0.05) is 25.5 Å². The van der Waals surface area contributed by atoms with E-state index >= 15 is 0 Å². The van der Waals surface area contributed by atoms with Crippen LogP contribution >= 0.6 is 0 Å². The number of H-pyrrole nitrogens is 1. The van der Waals surface area contributed by atoms with E-state index < -0.39 is 0 Å². The third-order valence-corrected chi connectivity index (χ3v) is 7.72. The van der Waals surface area contributed by atoms with Crippen LogP contribution in [0.1, 0.15) is 48.3 Å². The molecule has 0 unspecified atom stereocenters. The summed E-state index contributed by atoms with van der Waals surface area (Å²) in [6, 6.07) is 11.0. The molecule has 6 rings (SSSR count). The zero-order chi connectivity index (χ0) is 24.3. The molecule has 4 aromatic rings. The molecule has 2 aliphatic heterocycles. The number of rotatable bonds is 7. The predicted molar refractivity (Wildman–Crippen MR) is 140 cm³/mol. The lowest BCUT2D eigenvalue weighted by Gasteiger charge is -2.32. The van der Waals surface area contributed by atoms with Gasteiger partial charge in [0.2, 0.25) is 0 Å². The highest BCUT2D eigenvalue weighted by atomic mass is 16.1. The predicted octanol–water partition coefficient (Wildman–Crippen LogP) is 3.52. The van der Waals surface area contributed by atoms with Crippen molar-refractivity contribution in [2.45, 2.75) is 44.6 Å². The summed E-state index contributed by atoms with van der Waals surface area (Å²) in [6.07, 6.45) is 13.0. The van der Waals surface area contributed by atoms with E-state index in [1.54, 1.807) is 16.9 Å². The highest BCUT2D eigenvalue weighted by molar-refractivity contribution is 5.83. The van der Waals surface area contributed by atoms with Crippen molar-refractivity contribution in [1.29, 1.82) is 0 Å². The van der Waals surface area contributed by atoms with E-state index in [4.69, 9.17) is 0 Å². The molecule has 3 aromatic heterocycles. The van der Waals surface area contributed by atoms with Crippen LogP contribution in [0, 0.1) is 0 Å². The third kappa shape index (κ3) is 4.96. The number of fused-ring (bicyclic) bond motifs is 1. The molecule has 0 amide bonds. The fourth-order valence-electron chi connectivity index (χ4n) is 5.68. The van der Waals surface area contributed by atoms with E-state index in [0.29, 0.717) is 22.6 Å². The summed E-state index contributed by atoms with van der Waals surface area (Å²) in [7, 11) is 0. The monoisotopic (exact) mass is 483 g/mol. The van der Waals surface area contributed by atoms with Gasteiger partial charge in [0.15, 0.2) is 5.82 Å². The Morgan fingerprint density at radius 3 is 2.69 bits per heavy atom. The van der Waals surface area contributed by atoms with Crippen LogP contribution in [0.2, 0.25) is 0 Å². The maximum atomic E-state index is 12.1. The zero-order valence-corrected chi connectivity index (χ0v) is 20.6. The van der Waals surface area contributed by atoms with Gasteiger partial charge in [-0.3, -0.25) is 9.69 Å². The average molecular weight is 484 g/mol. The Kier molecular flexibility index (Phi) is 6.61. The van der Waals surface area contributed by atoms with Crippen molar-refractivity contribution in [2.24, 2.45) is 0 Å². The van der Waals surface area contributed by atoms with Crippen LogP contribution in [0.25, 0.3) is 16.7 Å². The standard InChI is InChI=1S/C28H33N7O/c36-28-25-6-10-29-27(26(25)30-20-31-28)35-19-22(17-32-35)7-13-33-14-8-23(9-15-33)24-5-3-4-21(16-24)18-34-11-1-2-12-34/h3-6,10,16-17,19-20,23H,1-2,7-9,11-15,18H2,(H,30,31,36). The van der Waals surface area contributed by atoms with Gasteiger partial charge in [0.25, 0.3) is 5.56 Å². The molecule has 2 fully saturated rings. The minimum absolute atomic E-state index is 0.169. The molecule has 8 nitrogen and oxygen atoms in total. The number of piperidine rings is 1. The summed E-state index contributed by atoms with van der Waals surface area (Å²) >= 11 is 0. The molecular weight excluding hydrogens is 450 g/mol. The molecular formula is C28H33N7O. The number of hydrogen-bond donors (Lipinski definition) is 1. The highest BCUT2D eigenvalue weighted by Crippen LogP contribution is 2.29. The lowest BCUT2D eigenvalue weighted by molar-refractivity contribution is 0.214. The van der Waals surface area contributed by atoms with Gasteiger partial charge in [-0.15, -0.1) is 0 Å². The number of nitrogens with one attached hydrogen (secondary N) is 1. The fourth-order valence-corrected chi connectivity index (χ4v) is 5.68. The molecule has 0 bridgehead atoms. The van der Waals surface area contributed by atoms with Crippen molar-refractivity contribution in [3.05, 3.63) is 82.3 Å². The number of hydrogen-bond acceptors (Lipinski definition) is 6. The molecule has 1 aromatic carbocycles. The SMILES string of the molecule is O=c1[nH]cnc2c(-n3cc(CCN4CCC(c5cccc(CN6CCCC6)c5)CC4)cn3)nccc12. The zero-order valence-electron chi connectivity index (χ0n) is 20.6. The van der Waals surface area contributed by atoms with Crippen LogP contribution in [-0.4, -0.2) is 67.3 Å². The topological polar surface area (TPSA) is 82.9 Å². The van der Waals surface area contributed by atoms with Gasteiger partial charge < -0.3 is 9.88 Å². The summed E-state index contributed by atoms with van der Waals surface area (Å²) in [5.74, 6) is 1.24. The molecule has 36 heavy (non-hydrogen) atoms. The summed E-state index contributed by atoms with van der Waals surface area (Å²) in [6.45, 7) is 6.88. The Bertz CT molecular complexity index is 1380. The Labute approximate surface area is 211 Å². The van der Waals surface area contributed by atoms with E-state index in [-0.39, 0.29) is 5.56 Å². The second kappa shape index (κ2) is 10.3. The first-order chi connectivity index (χ1) is 17.7. The quantitative estimate of drug-likeness (QED) is 0.433. The Balaban J connectivity index is 1.04. The third-order valence-electron chi connectivity index (χ3n) is 7.72. The summed E-state index contributed by atoms with van der Waals surface area (Å²) in [5, 5.41) is 5.02. The van der Waals surface area contributed by atoms with Crippen molar-refractivity contribution in [3.8, 4) is 5.82 Å². The van der Waals surface area contributed by atoms with Crippen molar-refractivity contribution >= 4 is 10.9 Å². The summed E-state index contributed by atoms with van der Waals surface area (Å²) in [5.41, 5.74) is 4.53. The Morgan fingerprint density at radius 1 is 0.972 bits per heavy atom. The van der Waals surface area contributed by atoms with E-state index in [1.807, 2.05) is 12.4 Å². The number of aromatic nitrogens is 5. The van der Waals surface area contributed by atoms with Crippen LogP contribution < -0.4 is 5.56 Å². The van der Waals surface area contributed by atoms with Crippen molar-refractivity contribution in [3.63, 3.8) is 0 Å². The number of aromatic amines is 1. The molecule has 0 radical (unpaired) electrons. The smallest absolute Gasteiger partial charge is 0.258 e. The van der Waals surface area contributed by atoms with E-state index in [9.17, 15) is 4.79 Å². The van der Waals surface area contributed by atoms with Crippen LogP contribution in [0.15, 0.2) is 60.0 Å². The summed E-state index contributed by atoms with van der Waals surface area (Å²) in [4.78, 5) is 28.6. The van der Waals surface area contributed by atoms with Gasteiger partial charge in [-0.05, 0) is 87.0 Å². The first-order valence-electron chi connectivity index (χ1n) is 13.1. The van der Waals surface area contributed by atoms with E-state index in [0.717, 1.165) is 38.2 Å². The molecule has 0 aliphatic carbocycles. The normalized spacial score (nSPS) is 17.8. The first-order valence-corrected chi connectivity index (χ1v) is 13.1. The van der Waals surface area contributed by atoms with Gasteiger partial charge >= 0.3 is 0 Å². The lowest BCUT2D eigenvalue weighted by atomic mass is 9.88. The number of benzene rings is 1. The fraction of sp³-hybridized carbons (Fsp3) is 0.429. The van der Waals surface area contributed by atoms with Crippen LogP contribution in [0.3, 0.4) is 0 Å². The first kappa shape index (κ1) is 23.1. The number of likely N-dealkylation sites (tertiary alicyclic amines) is 2. The van der Waals surface area contributed by atoms with E-state index in [1.165, 1.54) is 56.2 Å². The van der Waals surface area contributed by atoms with Gasteiger partial charge in [-0.1, -0.05) is 24.3 Å².